The van der Waals surface area contributed by atoms with Crippen molar-refractivity contribution >= 4 is 10.0 Å². The van der Waals surface area contributed by atoms with E-state index in [1.165, 1.54) is 4.31 Å². The molecule has 1 aromatic carbocycles. The molecule has 1 rings (SSSR count). The minimum atomic E-state index is -3.43. The maximum atomic E-state index is 12.3. The highest BCUT2D eigenvalue weighted by Gasteiger charge is 2.20. The molecule has 0 aliphatic heterocycles. The number of benzene rings is 1. The van der Waals surface area contributed by atoms with Gasteiger partial charge in [0, 0.05) is 26.7 Å². The zero-order valence-electron chi connectivity index (χ0n) is 11.7. The molecule has 0 aromatic heterocycles. The van der Waals surface area contributed by atoms with Gasteiger partial charge >= 0.3 is 0 Å². The Kier molecular flexibility index (Phi) is 6.44. The van der Waals surface area contributed by atoms with Crippen LogP contribution in [0.3, 0.4) is 0 Å². The van der Waals surface area contributed by atoms with E-state index in [2.05, 4.69) is 5.32 Å². The van der Waals surface area contributed by atoms with Crippen LogP contribution in [0.25, 0.3) is 0 Å². The Morgan fingerprint density at radius 2 is 2.11 bits per heavy atom. The summed E-state index contributed by atoms with van der Waals surface area (Å²) in [6, 6.07) is 6.97. The van der Waals surface area contributed by atoms with Crippen molar-refractivity contribution in [3.05, 3.63) is 29.8 Å². The first-order valence-corrected chi connectivity index (χ1v) is 7.74. The number of rotatable bonds is 8. The van der Waals surface area contributed by atoms with Crippen LogP contribution in [0.5, 0.6) is 0 Å². The third-order valence-corrected chi connectivity index (χ3v) is 4.60. The number of sulfonamides is 1. The summed E-state index contributed by atoms with van der Waals surface area (Å²) in [6.45, 7) is 3.88. The number of likely N-dealkylation sites (N-methyl/N-ethyl adjacent to an activating group) is 1. The van der Waals surface area contributed by atoms with Gasteiger partial charge in [0.1, 0.15) is 0 Å². The third kappa shape index (κ3) is 4.58. The van der Waals surface area contributed by atoms with Gasteiger partial charge in [-0.1, -0.05) is 12.1 Å². The summed E-state index contributed by atoms with van der Waals surface area (Å²) < 4.78 is 31.2. The molecule has 0 fully saturated rings. The minimum absolute atomic E-state index is 0.319. The highest BCUT2D eigenvalue weighted by Crippen LogP contribution is 2.15. The summed E-state index contributed by atoms with van der Waals surface area (Å²) >= 11 is 0. The Bertz CT molecular complexity index is 488. The summed E-state index contributed by atoms with van der Waals surface area (Å²) in [5.41, 5.74) is 0.946. The van der Waals surface area contributed by atoms with Gasteiger partial charge in [0.15, 0.2) is 0 Å². The highest BCUT2D eigenvalue weighted by atomic mass is 32.2. The van der Waals surface area contributed by atoms with Gasteiger partial charge in [0.2, 0.25) is 10.0 Å². The maximum Gasteiger partial charge on any atom is 0.242 e. The fourth-order valence-corrected chi connectivity index (χ4v) is 2.88. The van der Waals surface area contributed by atoms with Gasteiger partial charge in [-0.25, -0.2) is 8.42 Å². The minimum Gasteiger partial charge on any atom is -0.380 e. The molecule has 108 valence electrons. The summed E-state index contributed by atoms with van der Waals surface area (Å²) in [5.74, 6) is 0. The Morgan fingerprint density at radius 3 is 2.74 bits per heavy atom. The van der Waals surface area contributed by atoms with E-state index >= 15 is 0 Å². The van der Waals surface area contributed by atoms with Crippen molar-refractivity contribution in [2.75, 3.05) is 33.9 Å². The number of nitrogens with one attached hydrogen (secondary N) is 1. The van der Waals surface area contributed by atoms with E-state index in [-0.39, 0.29) is 0 Å². The second-order valence-electron chi connectivity index (χ2n) is 4.20. The molecule has 5 nitrogen and oxygen atoms in total. The Labute approximate surface area is 115 Å². The normalized spacial score (nSPS) is 12.0. The monoisotopic (exact) mass is 286 g/mol. The quantitative estimate of drug-likeness (QED) is 0.726. The Morgan fingerprint density at radius 1 is 1.37 bits per heavy atom. The number of nitrogens with zero attached hydrogens (tertiary/aromatic N) is 1. The number of hydrogen-bond donors (Lipinski definition) is 1. The van der Waals surface area contributed by atoms with E-state index < -0.39 is 10.0 Å². The van der Waals surface area contributed by atoms with Crippen molar-refractivity contribution in [2.45, 2.75) is 18.4 Å². The zero-order chi connectivity index (χ0) is 14.3. The molecule has 0 spiro atoms. The Balaban J connectivity index is 2.83. The van der Waals surface area contributed by atoms with Crippen LogP contribution in [0.1, 0.15) is 12.5 Å². The highest BCUT2D eigenvalue weighted by molar-refractivity contribution is 7.89. The van der Waals surface area contributed by atoms with Gasteiger partial charge < -0.3 is 10.1 Å². The van der Waals surface area contributed by atoms with Crippen molar-refractivity contribution in [2.24, 2.45) is 0 Å². The summed E-state index contributed by atoms with van der Waals surface area (Å²) in [5, 5.41) is 3.01. The zero-order valence-corrected chi connectivity index (χ0v) is 12.5. The molecule has 19 heavy (non-hydrogen) atoms. The average molecular weight is 286 g/mol. The fourth-order valence-electron chi connectivity index (χ4n) is 1.66. The maximum absolute atomic E-state index is 12.3. The van der Waals surface area contributed by atoms with Gasteiger partial charge in [-0.15, -0.1) is 0 Å². The molecular formula is C13H22N2O3S. The van der Waals surface area contributed by atoms with Crippen LogP contribution in [-0.2, 0) is 21.3 Å². The van der Waals surface area contributed by atoms with Crippen molar-refractivity contribution in [3.8, 4) is 0 Å². The molecular weight excluding hydrogens is 264 g/mol. The SMILES string of the molecule is CCOCCN(C)S(=O)(=O)c1cccc(CNC)c1. The van der Waals surface area contributed by atoms with E-state index in [0.29, 0.717) is 31.2 Å². The smallest absolute Gasteiger partial charge is 0.242 e. The number of ether oxygens (including phenoxy) is 1. The van der Waals surface area contributed by atoms with Gasteiger partial charge in [-0.05, 0) is 31.7 Å². The van der Waals surface area contributed by atoms with Crippen LogP contribution in [0.2, 0.25) is 0 Å². The Hall–Kier alpha value is -0.950. The molecule has 0 radical (unpaired) electrons. The van der Waals surface area contributed by atoms with Crippen molar-refractivity contribution in [1.29, 1.82) is 0 Å². The lowest BCUT2D eigenvalue weighted by atomic mass is 10.2. The first kappa shape index (κ1) is 16.1. The molecule has 0 atom stereocenters. The molecule has 0 amide bonds. The van der Waals surface area contributed by atoms with Crippen LogP contribution in [0.15, 0.2) is 29.2 Å². The van der Waals surface area contributed by atoms with Gasteiger partial charge in [-0.3, -0.25) is 0 Å². The second kappa shape index (κ2) is 7.59. The largest absolute Gasteiger partial charge is 0.380 e. The molecule has 0 aliphatic carbocycles. The van der Waals surface area contributed by atoms with Gasteiger partial charge in [-0.2, -0.15) is 4.31 Å². The molecule has 0 saturated carbocycles. The van der Waals surface area contributed by atoms with E-state index in [9.17, 15) is 8.42 Å². The predicted molar refractivity (Wildman–Crippen MR) is 75.5 cm³/mol. The summed E-state index contributed by atoms with van der Waals surface area (Å²) in [6.07, 6.45) is 0. The van der Waals surface area contributed by atoms with Crippen molar-refractivity contribution in [3.63, 3.8) is 0 Å². The van der Waals surface area contributed by atoms with E-state index in [4.69, 9.17) is 4.74 Å². The summed E-state index contributed by atoms with van der Waals surface area (Å²) in [7, 11) is -0.0374. The van der Waals surface area contributed by atoms with Crippen LogP contribution in [0, 0.1) is 0 Å². The standard InChI is InChI=1S/C13H22N2O3S/c1-4-18-9-8-15(3)19(16,17)13-7-5-6-12(10-13)11-14-2/h5-7,10,14H,4,8-9,11H2,1-3H3. The molecule has 1 aromatic rings. The summed E-state index contributed by atoms with van der Waals surface area (Å²) in [4.78, 5) is 0.319. The lowest BCUT2D eigenvalue weighted by Crippen LogP contribution is -2.30. The lowest BCUT2D eigenvalue weighted by Gasteiger charge is -2.17. The average Bonchev–Trinajstić information content (AvgIpc) is 2.39. The van der Waals surface area contributed by atoms with E-state index in [1.54, 1.807) is 25.2 Å². The van der Waals surface area contributed by atoms with Gasteiger partial charge in [0.25, 0.3) is 0 Å². The van der Waals surface area contributed by atoms with E-state index in [1.807, 2.05) is 20.0 Å². The van der Waals surface area contributed by atoms with E-state index in [0.717, 1.165) is 5.56 Å². The molecule has 0 heterocycles. The molecule has 0 bridgehead atoms. The second-order valence-corrected chi connectivity index (χ2v) is 6.25. The van der Waals surface area contributed by atoms with Crippen LogP contribution in [0.4, 0.5) is 0 Å². The van der Waals surface area contributed by atoms with Crippen LogP contribution < -0.4 is 5.32 Å². The molecule has 0 saturated heterocycles. The van der Waals surface area contributed by atoms with Crippen LogP contribution in [-0.4, -0.2) is 46.6 Å². The lowest BCUT2D eigenvalue weighted by molar-refractivity contribution is 0.138. The molecule has 6 heteroatoms. The van der Waals surface area contributed by atoms with Gasteiger partial charge in [0.05, 0.1) is 11.5 Å². The topological polar surface area (TPSA) is 58.6 Å². The first-order chi connectivity index (χ1) is 9.02. The van der Waals surface area contributed by atoms with Crippen LogP contribution >= 0.6 is 0 Å². The van der Waals surface area contributed by atoms with Crippen molar-refractivity contribution < 1.29 is 13.2 Å². The first-order valence-electron chi connectivity index (χ1n) is 6.30. The van der Waals surface area contributed by atoms with Crippen molar-refractivity contribution in [1.82, 2.24) is 9.62 Å². The number of hydrogen-bond acceptors (Lipinski definition) is 4. The fraction of sp³-hybridized carbons (Fsp3) is 0.538. The predicted octanol–water partition coefficient (Wildman–Crippen LogP) is 1.06. The molecule has 1 N–H and O–H groups in total. The molecule has 0 unspecified atom stereocenters. The third-order valence-electron chi connectivity index (χ3n) is 2.74. The molecule has 0 aliphatic rings.